The Labute approximate surface area is 194 Å². The van der Waals surface area contributed by atoms with Gasteiger partial charge in [-0.2, -0.15) is 0 Å². The van der Waals surface area contributed by atoms with Crippen molar-refractivity contribution < 1.29 is 5.11 Å². The van der Waals surface area contributed by atoms with Crippen molar-refractivity contribution in [3.63, 3.8) is 0 Å². The molecular formula is C26H32N6O. The van der Waals surface area contributed by atoms with E-state index < -0.39 is 0 Å². The lowest BCUT2D eigenvalue weighted by molar-refractivity contribution is 0.172. The van der Waals surface area contributed by atoms with Gasteiger partial charge in [-0.3, -0.25) is 0 Å². The number of imidazole rings is 1. The van der Waals surface area contributed by atoms with Gasteiger partial charge in [-0.1, -0.05) is 74.5 Å². The van der Waals surface area contributed by atoms with Crippen LogP contribution in [0.1, 0.15) is 37.4 Å². The fraction of sp³-hybridized carbons (Fsp3) is 0.346. The number of nitrogens with zero attached hydrogens (tertiary/aromatic N) is 4. The molecule has 3 N–H and O–H groups in total. The molecule has 0 amide bonds. The van der Waals surface area contributed by atoms with Crippen molar-refractivity contribution in [1.29, 1.82) is 0 Å². The summed E-state index contributed by atoms with van der Waals surface area (Å²) in [6, 6.07) is 20.9. The van der Waals surface area contributed by atoms with Crippen LogP contribution in [0.5, 0.6) is 0 Å². The fourth-order valence-electron chi connectivity index (χ4n) is 4.15. The molecule has 0 aliphatic carbocycles. The molecular weight excluding hydrogens is 412 g/mol. The van der Waals surface area contributed by atoms with E-state index in [-0.39, 0.29) is 18.6 Å². The Hall–Kier alpha value is -3.29. The van der Waals surface area contributed by atoms with Crippen molar-refractivity contribution in [2.24, 2.45) is 5.92 Å². The first kappa shape index (κ1) is 22.9. The van der Waals surface area contributed by atoms with Crippen LogP contribution >= 0.6 is 0 Å². The van der Waals surface area contributed by atoms with Crippen LogP contribution in [0.2, 0.25) is 0 Å². The summed E-state index contributed by atoms with van der Waals surface area (Å²) in [5.41, 5.74) is 3.92. The average molecular weight is 445 g/mol. The van der Waals surface area contributed by atoms with Crippen molar-refractivity contribution in [3.05, 3.63) is 84.4 Å². The van der Waals surface area contributed by atoms with Crippen LogP contribution < -0.4 is 10.6 Å². The summed E-state index contributed by atoms with van der Waals surface area (Å²) < 4.78 is 2.05. The number of aryl methyl sites for hydroxylation is 1. The van der Waals surface area contributed by atoms with Crippen molar-refractivity contribution in [3.8, 4) is 0 Å². The zero-order chi connectivity index (χ0) is 23.0. The number of fused-ring (bicyclic) bond motifs is 1. The zero-order valence-electron chi connectivity index (χ0n) is 19.2. The van der Waals surface area contributed by atoms with Gasteiger partial charge in [0.15, 0.2) is 11.5 Å². The van der Waals surface area contributed by atoms with Gasteiger partial charge in [-0.15, -0.1) is 0 Å². The van der Waals surface area contributed by atoms with Crippen molar-refractivity contribution >= 4 is 17.0 Å². The van der Waals surface area contributed by atoms with E-state index in [0.29, 0.717) is 19.1 Å². The highest BCUT2D eigenvalue weighted by molar-refractivity contribution is 5.82. The first-order valence-electron chi connectivity index (χ1n) is 11.5. The molecule has 0 bridgehead atoms. The number of aliphatic hydroxyl groups excluding tert-OH is 1. The van der Waals surface area contributed by atoms with E-state index in [2.05, 4.69) is 63.7 Å². The van der Waals surface area contributed by atoms with E-state index >= 15 is 0 Å². The number of benzene rings is 2. The van der Waals surface area contributed by atoms with Crippen molar-refractivity contribution in [2.75, 3.05) is 11.9 Å². The van der Waals surface area contributed by atoms with Gasteiger partial charge >= 0.3 is 0 Å². The van der Waals surface area contributed by atoms with Crippen LogP contribution in [0.15, 0.2) is 73.3 Å². The molecule has 33 heavy (non-hydrogen) atoms. The molecule has 0 aliphatic rings. The second-order valence-corrected chi connectivity index (χ2v) is 8.61. The Kier molecular flexibility index (Phi) is 7.65. The minimum atomic E-state index is 0.0600. The lowest BCUT2D eigenvalue weighted by Crippen LogP contribution is -2.35. The summed E-state index contributed by atoms with van der Waals surface area (Å²) in [6.07, 6.45) is 4.18. The molecule has 172 valence electrons. The third kappa shape index (κ3) is 5.74. The Bertz CT molecular complexity index is 1130. The van der Waals surface area contributed by atoms with Crippen molar-refractivity contribution in [2.45, 2.75) is 45.4 Å². The first-order chi connectivity index (χ1) is 16.2. The number of rotatable bonds is 11. The number of hydrogen-bond acceptors (Lipinski definition) is 6. The fourth-order valence-corrected chi connectivity index (χ4v) is 4.15. The van der Waals surface area contributed by atoms with Gasteiger partial charge in [0.05, 0.1) is 6.33 Å². The molecule has 4 aromatic rings. The van der Waals surface area contributed by atoms with E-state index in [4.69, 9.17) is 0 Å². The van der Waals surface area contributed by atoms with E-state index in [9.17, 15) is 5.11 Å². The minimum Gasteiger partial charge on any atom is -0.396 e. The average Bonchev–Trinajstić information content (AvgIpc) is 3.27. The molecule has 0 fully saturated rings. The van der Waals surface area contributed by atoms with Crippen molar-refractivity contribution in [1.82, 2.24) is 24.8 Å². The quantitative estimate of drug-likeness (QED) is 0.322. The van der Waals surface area contributed by atoms with Gasteiger partial charge < -0.3 is 20.3 Å². The maximum absolute atomic E-state index is 10.2. The third-order valence-corrected chi connectivity index (χ3v) is 5.82. The van der Waals surface area contributed by atoms with E-state index in [1.54, 1.807) is 6.33 Å². The first-order valence-corrected chi connectivity index (χ1v) is 11.5. The largest absolute Gasteiger partial charge is 0.396 e. The molecule has 0 aliphatic heterocycles. The van der Waals surface area contributed by atoms with E-state index in [0.717, 1.165) is 23.4 Å². The van der Waals surface area contributed by atoms with Crippen LogP contribution in [0, 0.1) is 5.92 Å². The molecule has 2 aromatic heterocycles. The Balaban J connectivity index is 1.48. The minimum absolute atomic E-state index is 0.0600. The highest BCUT2D eigenvalue weighted by Gasteiger charge is 2.23. The molecule has 0 spiro atoms. The smallest absolute Gasteiger partial charge is 0.165 e. The normalized spacial score (nSPS) is 13.3. The SMILES string of the molecule is CC(C)N[C@H](c1ccccc1)[C@H](CO)CCn1cnc2c(NCc3ccccc3)ncnc21. The third-order valence-electron chi connectivity index (χ3n) is 5.82. The topological polar surface area (TPSA) is 87.9 Å². The summed E-state index contributed by atoms with van der Waals surface area (Å²) in [5.74, 6) is 0.787. The lowest BCUT2D eigenvalue weighted by atomic mass is 9.90. The zero-order valence-corrected chi connectivity index (χ0v) is 19.2. The maximum atomic E-state index is 10.2. The molecule has 0 saturated heterocycles. The predicted molar refractivity (Wildman–Crippen MR) is 132 cm³/mol. The van der Waals surface area contributed by atoms with Crippen LogP contribution in [0.4, 0.5) is 5.82 Å². The number of aromatic nitrogens is 4. The van der Waals surface area contributed by atoms with E-state index in [1.807, 2.05) is 47.3 Å². The monoisotopic (exact) mass is 444 g/mol. The molecule has 2 heterocycles. The van der Waals surface area contributed by atoms with E-state index in [1.165, 1.54) is 11.1 Å². The van der Waals surface area contributed by atoms with Crippen LogP contribution in [-0.4, -0.2) is 37.3 Å². The number of aliphatic hydroxyl groups is 1. The van der Waals surface area contributed by atoms with Gasteiger partial charge in [0.2, 0.25) is 0 Å². The molecule has 2 aromatic carbocycles. The summed E-state index contributed by atoms with van der Waals surface area (Å²) in [4.78, 5) is 13.5. The number of hydrogen-bond donors (Lipinski definition) is 3. The van der Waals surface area contributed by atoms with Gasteiger partial charge in [-0.25, -0.2) is 15.0 Å². The molecule has 2 atom stereocenters. The summed E-state index contributed by atoms with van der Waals surface area (Å²) in [6.45, 7) is 5.75. The standard InChI is InChI=1S/C26H32N6O/c1-19(2)31-23(21-11-7-4-8-12-21)22(16-33)13-14-32-18-30-24-25(28-17-29-26(24)32)27-15-20-9-5-3-6-10-20/h3-12,17-19,22-23,31,33H,13-16H2,1-2H3,(H,27,28,29)/t22-,23+/m0/s1. The number of anilines is 1. The second kappa shape index (κ2) is 11.0. The highest BCUT2D eigenvalue weighted by Crippen LogP contribution is 2.27. The number of nitrogens with one attached hydrogen (secondary N) is 2. The molecule has 7 heteroatoms. The maximum Gasteiger partial charge on any atom is 0.165 e. The van der Waals surface area contributed by atoms with Crippen LogP contribution in [-0.2, 0) is 13.1 Å². The van der Waals surface area contributed by atoms with Gasteiger partial charge in [-0.05, 0) is 17.5 Å². The second-order valence-electron chi connectivity index (χ2n) is 8.61. The van der Waals surface area contributed by atoms with Gasteiger partial charge in [0, 0.05) is 37.7 Å². The Morgan fingerprint density at radius 3 is 2.36 bits per heavy atom. The molecule has 0 radical (unpaired) electrons. The van der Waals surface area contributed by atoms with Gasteiger partial charge in [0.1, 0.15) is 11.8 Å². The van der Waals surface area contributed by atoms with Gasteiger partial charge in [0.25, 0.3) is 0 Å². The molecule has 0 saturated carbocycles. The lowest BCUT2D eigenvalue weighted by Gasteiger charge is -2.29. The Morgan fingerprint density at radius 1 is 0.939 bits per heavy atom. The summed E-state index contributed by atoms with van der Waals surface area (Å²) in [5, 5.41) is 17.2. The molecule has 7 nitrogen and oxygen atoms in total. The predicted octanol–water partition coefficient (Wildman–Crippen LogP) is 4.18. The molecule has 0 unspecified atom stereocenters. The highest BCUT2D eigenvalue weighted by atomic mass is 16.3. The Morgan fingerprint density at radius 2 is 1.67 bits per heavy atom. The summed E-state index contributed by atoms with van der Waals surface area (Å²) in [7, 11) is 0. The van der Waals surface area contributed by atoms with Crippen LogP contribution in [0.25, 0.3) is 11.2 Å². The van der Waals surface area contributed by atoms with Crippen LogP contribution in [0.3, 0.4) is 0 Å². The summed E-state index contributed by atoms with van der Waals surface area (Å²) >= 11 is 0. The molecule has 4 rings (SSSR count).